The number of nitrogens with one attached hydrogen (secondary N) is 1. The molecule has 2 atom stereocenters. The Morgan fingerprint density at radius 1 is 1.28 bits per heavy atom. The highest BCUT2D eigenvalue weighted by molar-refractivity contribution is 5.88. The predicted molar refractivity (Wildman–Crippen MR) is 90.6 cm³/mol. The van der Waals surface area contributed by atoms with E-state index in [2.05, 4.69) is 10.4 Å². The van der Waals surface area contributed by atoms with Crippen LogP contribution < -0.4 is 10.9 Å². The molecule has 2 amide bonds. The average molecular weight is 342 g/mol. The Balaban J connectivity index is 1.32. The monoisotopic (exact) mass is 342 g/mol. The largest absolute Gasteiger partial charge is 0.324 e. The summed E-state index contributed by atoms with van der Waals surface area (Å²) in [5.41, 5.74) is 0.797. The third-order valence-corrected chi connectivity index (χ3v) is 5.21. The Labute approximate surface area is 144 Å². The van der Waals surface area contributed by atoms with Crippen molar-refractivity contribution < 1.29 is 9.18 Å². The molecule has 4 rings (SSSR count). The summed E-state index contributed by atoms with van der Waals surface area (Å²) in [4.78, 5) is 25.4. The van der Waals surface area contributed by atoms with Gasteiger partial charge in [-0.15, -0.1) is 0 Å². The molecule has 1 aliphatic carbocycles. The molecular formula is C18H19FN4O2. The number of urea groups is 1. The van der Waals surface area contributed by atoms with Gasteiger partial charge in [-0.05, 0) is 47.9 Å². The van der Waals surface area contributed by atoms with Gasteiger partial charge in [-0.25, -0.2) is 13.9 Å². The number of nitrogens with zero attached hydrogens (tertiary/aromatic N) is 3. The van der Waals surface area contributed by atoms with Gasteiger partial charge in [0.25, 0.3) is 5.56 Å². The normalized spacial score (nSPS) is 24.1. The third-order valence-electron chi connectivity index (χ3n) is 5.21. The number of piperidine rings is 1. The van der Waals surface area contributed by atoms with Crippen molar-refractivity contribution in [3.8, 4) is 0 Å². The van der Waals surface area contributed by atoms with Crippen molar-refractivity contribution in [2.45, 2.75) is 6.42 Å². The first-order valence-corrected chi connectivity index (χ1v) is 8.36. The zero-order valence-corrected chi connectivity index (χ0v) is 13.9. The third kappa shape index (κ3) is 3.14. The second-order valence-corrected chi connectivity index (χ2v) is 6.84. The second kappa shape index (κ2) is 5.98. The number of carbonyl (C=O) groups excluding carboxylic acids is 1. The quantitative estimate of drug-likeness (QED) is 0.926. The van der Waals surface area contributed by atoms with E-state index >= 15 is 0 Å². The number of halogens is 1. The van der Waals surface area contributed by atoms with Crippen molar-refractivity contribution in [1.82, 2.24) is 14.7 Å². The van der Waals surface area contributed by atoms with Crippen LogP contribution in [0.3, 0.4) is 0 Å². The molecule has 6 nitrogen and oxygen atoms in total. The first-order chi connectivity index (χ1) is 12.0. The van der Waals surface area contributed by atoms with Crippen molar-refractivity contribution in [2.75, 3.05) is 18.4 Å². The molecule has 2 aliphatic rings. The van der Waals surface area contributed by atoms with Crippen LogP contribution in [0.15, 0.2) is 41.2 Å². The van der Waals surface area contributed by atoms with Gasteiger partial charge in [0.2, 0.25) is 0 Å². The predicted octanol–water partition coefficient (Wildman–Crippen LogP) is 1.87. The van der Waals surface area contributed by atoms with E-state index in [4.69, 9.17) is 0 Å². The van der Waals surface area contributed by atoms with E-state index < -0.39 is 0 Å². The first kappa shape index (κ1) is 15.8. The molecule has 2 heterocycles. The highest BCUT2D eigenvalue weighted by atomic mass is 19.1. The number of anilines is 1. The van der Waals surface area contributed by atoms with Crippen LogP contribution in [0.1, 0.15) is 5.56 Å². The summed E-state index contributed by atoms with van der Waals surface area (Å²) in [6, 6.07) is 9.42. The lowest BCUT2D eigenvalue weighted by Gasteiger charge is -2.20. The molecule has 2 aromatic rings. The van der Waals surface area contributed by atoms with Crippen molar-refractivity contribution in [3.05, 3.63) is 58.1 Å². The SMILES string of the molecule is Cn1nc(NC(=O)N2CC3C(Cc4cccc(F)c4)C3C2)ccc1=O. The highest BCUT2D eigenvalue weighted by Crippen LogP contribution is 2.53. The molecule has 130 valence electrons. The van der Waals surface area contributed by atoms with Gasteiger partial charge in [-0.2, -0.15) is 5.10 Å². The molecule has 1 aromatic carbocycles. The van der Waals surface area contributed by atoms with Crippen LogP contribution in [-0.4, -0.2) is 33.8 Å². The maximum atomic E-state index is 13.3. The zero-order chi connectivity index (χ0) is 17.6. The molecule has 1 aliphatic heterocycles. The Hall–Kier alpha value is -2.70. The average Bonchev–Trinajstić information content (AvgIpc) is 3.02. The van der Waals surface area contributed by atoms with Crippen molar-refractivity contribution in [3.63, 3.8) is 0 Å². The van der Waals surface area contributed by atoms with E-state index in [1.807, 2.05) is 6.07 Å². The van der Waals surface area contributed by atoms with Gasteiger partial charge in [0.1, 0.15) is 5.82 Å². The van der Waals surface area contributed by atoms with Crippen LogP contribution >= 0.6 is 0 Å². The van der Waals surface area contributed by atoms with E-state index in [1.54, 1.807) is 24.1 Å². The Morgan fingerprint density at radius 3 is 2.72 bits per heavy atom. The van der Waals surface area contributed by atoms with Crippen LogP contribution in [0.4, 0.5) is 15.0 Å². The number of aryl methyl sites for hydroxylation is 1. The van der Waals surface area contributed by atoms with Gasteiger partial charge < -0.3 is 4.90 Å². The lowest BCUT2D eigenvalue weighted by atomic mass is 10.1. The molecule has 1 saturated carbocycles. The number of rotatable bonds is 3. The van der Waals surface area contributed by atoms with E-state index in [0.717, 1.165) is 12.0 Å². The van der Waals surface area contributed by atoms with Crippen LogP contribution in [0, 0.1) is 23.6 Å². The number of aromatic nitrogens is 2. The first-order valence-electron chi connectivity index (χ1n) is 8.36. The molecule has 7 heteroatoms. The van der Waals surface area contributed by atoms with E-state index in [0.29, 0.717) is 36.7 Å². The molecule has 0 spiro atoms. The van der Waals surface area contributed by atoms with Crippen LogP contribution in [0.25, 0.3) is 0 Å². The van der Waals surface area contributed by atoms with Crippen LogP contribution in [-0.2, 0) is 13.5 Å². The molecule has 0 radical (unpaired) electrons. The molecule has 1 saturated heterocycles. The Kier molecular flexibility index (Phi) is 3.78. The number of fused-ring (bicyclic) bond motifs is 1. The van der Waals surface area contributed by atoms with E-state index in [9.17, 15) is 14.0 Å². The fourth-order valence-corrected chi connectivity index (χ4v) is 3.81. The summed E-state index contributed by atoms with van der Waals surface area (Å²) < 4.78 is 14.5. The van der Waals surface area contributed by atoms with Gasteiger partial charge in [-0.1, -0.05) is 12.1 Å². The molecule has 2 fully saturated rings. The number of carbonyl (C=O) groups is 1. The summed E-state index contributed by atoms with van der Waals surface area (Å²) in [5.74, 6) is 1.67. The Morgan fingerprint density at radius 2 is 2.04 bits per heavy atom. The molecule has 1 aromatic heterocycles. The minimum Gasteiger partial charge on any atom is -0.324 e. The van der Waals surface area contributed by atoms with Crippen molar-refractivity contribution >= 4 is 11.8 Å². The zero-order valence-electron chi connectivity index (χ0n) is 13.9. The molecule has 0 bridgehead atoms. The topological polar surface area (TPSA) is 67.2 Å². The van der Waals surface area contributed by atoms with Crippen molar-refractivity contribution in [2.24, 2.45) is 24.8 Å². The fourth-order valence-electron chi connectivity index (χ4n) is 3.81. The maximum Gasteiger partial charge on any atom is 0.323 e. The highest BCUT2D eigenvalue weighted by Gasteiger charge is 2.56. The number of likely N-dealkylation sites (tertiary alicyclic amines) is 1. The number of benzene rings is 1. The van der Waals surface area contributed by atoms with Crippen LogP contribution in [0.5, 0.6) is 0 Å². The van der Waals surface area contributed by atoms with E-state index in [-0.39, 0.29) is 17.4 Å². The summed E-state index contributed by atoms with van der Waals surface area (Å²) in [5, 5.41) is 6.73. The summed E-state index contributed by atoms with van der Waals surface area (Å²) in [6.45, 7) is 1.42. The molecule has 25 heavy (non-hydrogen) atoms. The number of hydrogen-bond donors (Lipinski definition) is 1. The summed E-state index contributed by atoms with van der Waals surface area (Å²) in [6.07, 6.45) is 0.866. The number of amides is 2. The fraction of sp³-hybridized carbons (Fsp3) is 0.389. The lowest BCUT2D eigenvalue weighted by molar-refractivity contribution is 0.214. The van der Waals surface area contributed by atoms with E-state index in [1.165, 1.54) is 22.9 Å². The van der Waals surface area contributed by atoms with Gasteiger partial charge in [0.15, 0.2) is 5.82 Å². The standard InChI is InChI=1S/C18H19FN4O2/c1-22-17(24)6-5-16(21-22)20-18(25)23-9-14-13(15(14)10-23)8-11-3-2-4-12(19)7-11/h2-7,13-15H,8-10H2,1H3,(H,20,21,25). The molecular weight excluding hydrogens is 323 g/mol. The van der Waals surface area contributed by atoms with Crippen molar-refractivity contribution in [1.29, 1.82) is 0 Å². The smallest absolute Gasteiger partial charge is 0.323 e. The molecule has 2 unspecified atom stereocenters. The number of hydrogen-bond acceptors (Lipinski definition) is 3. The van der Waals surface area contributed by atoms with Gasteiger partial charge in [0, 0.05) is 26.2 Å². The second-order valence-electron chi connectivity index (χ2n) is 6.84. The minimum absolute atomic E-state index is 0.192. The molecule has 1 N–H and O–H groups in total. The minimum atomic E-state index is -0.222. The van der Waals surface area contributed by atoms with Gasteiger partial charge >= 0.3 is 6.03 Å². The maximum absolute atomic E-state index is 13.3. The van der Waals surface area contributed by atoms with Crippen LogP contribution in [0.2, 0.25) is 0 Å². The summed E-state index contributed by atoms with van der Waals surface area (Å²) >= 11 is 0. The van der Waals surface area contributed by atoms with Gasteiger partial charge in [-0.3, -0.25) is 10.1 Å². The Bertz CT molecular complexity index is 869. The lowest BCUT2D eigenvalue weighted by Crippen LogP contribution is -2.36. The summed E-state index contributed by atoms with van der Waals surface area (Å²) in [7, 11) is 1.54. The van der Waals surface area contributed by atoms with Gasteiger partial charge in [0.05, 0.1) is 0 Å².